The molecule has 0 unspecified atom stereocenters. The van der Waals surface area contributed by atoms with E-state index >= 15 is 0 Å². The second kappa shape index (κ2) is 6.69. The Morgan fingerprint density at radius 2 is 1.70 bits per heavy atom. The lowest BCUT2D eigenvalue weighted by molar-refractivity contribution is 0.866. The molecule has 3 rings (SSSR count). The van der Waals surface area contributed by atoms with Gasteiger partial charge in [0, 0.05) is 47.2 Å². The van der Waals surface area contributed by atoms with Gasteiger partial charge in [-0.15, -0.1) is 0 Å². The molecule has 0 amide bonds. The molecule has 3 heteroatoms. The Hall–Kier alpha value is -2.55. The van der Waals surface area contributed by atoms with Gasteiger partial charge < -0.3 is 9.88 Å². The van der Waals surface area contributed by atoms with Crippen molar-refractivity contribution in [3.05, 3.63) is 59.8 Å². The van der Waals surface area contributed by atoms with Crippen molar-refractivity contribution in [2.45, 2.75) is 20.8 Å². The topological polar surface area (TPSA) is 31.4 Å². The predicted molar refractivity (Wildman–Crippen MR) is 100 cm³/mol. The highest BCUT2D eigenvalue weighted by Crippen LogP contribution is 2.23. The van der Waals surface area contributed by atoms with Crippen LogP contribution in [0.3, 0.4) is 0 Å². The summed E-state index contributed by atoms with van der Waals surface area (Å²) in [5.74, 6) is 0. The number of fused-ring (bicyclic) bond motifs is 1. The summed E-state index contributed by atoms with van der Waals surface area (Å²) in [5.41, 5.74) is 5.69. The second-order valence-corrected chi connectivity index (χ2v) is 5.66. The lowest BCUT2D eigenvalue weighted by Crippen LogP contribution is -2.21. The lowest BCUT2D eigenvalue weighted by atomic mass is 10.1. The first-order chi connectivity index (χ1) is 11.2. The average molecular weight is 305 g/mol. The number of nitrogens with one attached hydrogen (secondary N) is 1. The summed E-state index contributed by atoms with van der Waals surface area (Å²) in [4.78, 5) is 10.4. The molecule has 0 bridgehead atoms. The molecule has 0 spiro atoms. The molecule has 1 N–H and O–H groups in total. The highest BCUT2D eigenvalue weighted by Gasteiger charge is 2.05. The minimum atomic E-state index is 0.977. The van der Waals surface area contributed by atoms with Gasteiger partial charge in [-0.1, -0.05) is 18.2 Å². The van der Waals surface area contributed by atoms with Crippen LogP contribution in [0.5, 0.6) is 0 Å². The van der Waals surface area contributed by atoms with Crippen LogP contribution in [0.25, 0.3) is 10.9 Å². The first kappa shape index (κ1) is 15.3. The Bertz CT molecular complexity index is 809. The molecule has 0 saturated heterocycles. The van der Waals surface area contributed by atoms with Gasteiger partial charge in [-0.05, 0) is 51.1 Å². The zero-order valence-electron chi connectivity index (χ0n) is 14.0. The molecular formula is C20H23N3. The van der Waals surface area contributed by atoms with Crippen molar-refractivity contribution >= 4 is 28.5 Å². The first-order valence-electron chi connectivity index (χ1n) is 8.19. The summed E-state index contributed by atoms with van der Waals surface area (Å²) < 4.78 is 0. The molecule has 0 aliphatic rings. The molecular weight excluding hydrogens is 282 g/mol. The average Bonchev–Trinajstić information content (AvgIpc) is 2.90. The van der Waals surface area contributed by atoms with E-state index in [1.807, 2.05) is 12.3 Å². The highest BCUT2D eigenvalue weighted by atomic mass is 15.1. The molecule has 0 fully saturated rings. The number of rotatable bonds is 5. The molecule has 0 radical (unpaired) electrons. The molecule has 3 nitrogen and oxygen atoms in total. The van der Waals surface area contributed by atoms with Crippen LogP contribution in [0.1, 0.15) is 25.1 Å². The van der Waals surface area contributed by atoms with E-state index in [9.17, 15) is 0 Å². The van der Waals surface area contributed by atoms with Gasteiger partial charge in [0.1, 0.15) is 0 Å². The summed E-state index contributed by atoms with van der Waals surface area (Å²) >= 11 is 0. The number of nitrogens with zero attached hydrogens (tertiary/aromatic N) is 2. The van der Waals surface area contributed by atoms with Crippen LogP contribution in [0.4, 0.5) is 11.4 Å². The predicted octanol–water partition coefficient (Wildman–Crippen LogP) is 5.07. The highest BCUT2D eigenvalue weighted by molar-refractivity contribution is 6.01. The van der Waals surface area contributed by atoms with Crippen molar-refractivity contribution in [3.63, 3.8) is 0 Å². The molecule has 118 valence electrons. The minimum Gasteiger partial charge on any atom is -0.372 e. The zero-order chi connectivity index (χ0) is 16.2. The maximum Gasteiger partial charge on any atom is 0.0631 e. The van der Waals surface area contributed by atoms with E-state index in [1.54, 1.807) is 0 Å². The number of hydrogen-bond acceptors (Lipinski definition) is 2. The molecule has 2 aromatic carbocycles. The molecule has 0 aliphatic carbocycles. The van der Waals surface area contributed by atoms with Crippen molar-refractivity contribution in [1.29, 1.82) is 0 Å². The van der Waals surface area contributed by atoms with Gasteiger partial charge in [-0.25, -0.2) is 0 Å². The van der Waals surface area contributed by atoms with E-state index in [0.717, 1.165) is 35.6 Å². The van der Waals surface area contributed by atoms with Crippen LogP contribution < -0.4 is 4.90 Å². The van der Waals surface area contributed by atoms with Crippen molar-refractivity contribution in [3.8, 4) is 0 Å². The van der Waals surface area contributed by atoms with Crippen molar-refractivity contribution in [2.24, 2.45) is 4.99 Å². The third-order valence-corrected chi connectivity index (χ3v) is 4.26. The van der Waals surface area contributed by atoms with Gasteiger partial charge in [-0.3, -0.25) is 4.99 Å². The largest absolute Gasteiger partial charge is 0.372 e. The minimum absolute atomic E-state index is 0.977. The van der Waals surface area contributed by atoms with Crippen molar-refractivity contribution in [1.82, 2.24) is 4.98 Å². The Balaban J connectivity index is 1.86. The SMILES string of the molecule is CCN(CC)c1ccc(N=Cc2c(C)[nH]c3ccccc23)cc1. The monoisotopic (exact) mass is 305 g/mol. The van der Waals surface area contributed by atoms with E-state index < -0.39 is 0 Å². The molecule has 0 aliphatic heterocycles. The van der Waals surface area contributed by atoms with E-state index in [4.69, 9.17) is 0 Å². The lowest BCUT2D eigenvalue weighted by Gasteiger charge is -2.20. The Labute approximate surface area is 137 Å². The first-order valence-corrected chi connectivity index (χ1v) is 8.19. The number of H-pyrrole nitrogens is 1. The molecule has 3 aromatic rings. The zero-order valence-corrected chi connectivity index (χ0v) is 14.0. The second-order valence-electron chi connectivity index (χ2n) is 5.66. The number of anilines is 1. The third-order valence-electron chi connectivity index (χ3n) is 4.26. The van der Waals surface area contributed by atoms with Gasteiger partial charge in [0.25, 0.3) is 0 Å². The van der Waals surface area contributed by atoms with E-state index in [2.05, 4.69) is 78.1 Å². The van der Waals surface area contributed by atoms with Crippen LogP contribution in [0.15, 0.2) is 53.5 Å². The number of aliphatic imine (C=N–C) groups is 1. The van der Waals surface area contributed by atoms with E-state index in [0.29, 0.717) is 0 Å². The van der Waals surface area contributed by atoms with Crippen LogP contribution in [-0.2, 0) is 0 Å². The van der Waals surface area contributed by atoms with Crippen LogP contribution >= 0.6 is 0 Å². The van der Waals surface area contributed by atoms with Gasteiger partial charge in [0.15, 0.2) is 0 Å². The number of aryl methyl sites for hydroxylation is 1. The summed E-state index contributed by atoms with van der Waals surface area (Å²) in [7, 11) is 0. The smallest absolute Gasteiger partial charge is 0.0631 e. The number of hydrogen-bond donors (Lipinski definition) is 1. The standard InChI is InChI=1S/C20H23N3/c1-4-23(5-2)17-12-10-16(11-13-17)21-14-19-15(3)22-20-9-7-6-8-18(19)20/h6-14,22H,4-5H2,1-3H3. The summed E-state index contributed by atoms with van der Waals surface area (Å²) in [6.07, 6.45) is 1.96. The fourth-order valence-electron chi connectivity index (χ4n) is 2.94. The fraction of sp³-hybridized carbons (Fsp3) is 0.250. The third kappa shape index (κ3) is 3.14. The van der Waals surface area contributed by atoms with E-state index in [-0.39, 0.29) is 0 Å². The van der Waals surface area contributed by atoms with Crippen molar-refractivity contribution in [2.75, 3.05) is 18.0 Å². The Morgan fingerprint density at radius 3 is 2.39 bits per heavy atom. The van der Waals surface area contributed by atoms with Crippen molar-refractivity contribution < 1.29 is 0 Å². The van der Waals surface area contributed by atoms with Gasteiger partial charge >= 0.3 is 0 Å². The molecule has 0 atom stereocenters. The normalized spacial score (nSPS) is 11.4. The van der Waals surface area contributed by atoms with E-state index in [1.165, 1.54) is 11.1 Å². The van der Waals surface area contributed by atoms with Gasteiger partial charge in [-0.2, -0.15) is 0 Å². The number of aromatic nitrogens is 1. The quantitative estimate of drug-likeness (QED) is 0.655. The van der Waals surface area contributed by atoms with Crippen LogP contribution in [0, 0.1) is 6.92 Å². The molecule has 1 heterocycles. The number of benzene rings is 2. The fourth-order valence-corrected chi connectivity index (χ4v) is 2.94. The Morgan fingerprint density at radius 1 is 1.00 bits per heavy atom. The summed E-state index contributed by atoms with van der Waals surface area (Å²) in [5, 5.41) is 1.22. The Kier molecular flexibility index (Phi) is 4.47. The summed E-state index contributed by atoms with van der Waals surface area (Å²) in [6.45, 7) is 8.48. The molecule has 23 heavy (non-hydrogen) atoms. The maximum atomic E-state index is 4.65. The summed E-state index contributed by atoms with van der Waals surface area (Å²) in [6, 6.07) is 16.8. The van der Waals surface area contributed by atoms with Crippen LogP contribution in [-0.4, -0.2) is 24.3 Å². The maximum absolute atomic E-state index is 4.65. The molecule has 0 saturated carbocycles. The molecule has 1 aromatic heterocycles. The van der Waals surface area contributed by atoms with Crippen LogP contribution in [0.2, 0.25) is 0 Å². The van der Waals surface area contributed by atoms with Gasteiger partial charge in [0.2, 0.25) is 0 Å². The number of aromatic amines is 1. The number of para-hydroxylation sites is 1. The van der Waals surface area contributed by atoms with Gasteiger partial charge in [0.05, 0.1) is 5.69 Å².